The summed E-state index contributed by atoms with van der Waals surface area (Å²) in [7, 11) is 0. The van der Waals surface area contributed by atoms with Gasteiger partial charge >= 0.3 is 0 Å². The molecule has 5 heteroatoms. The van der Waals surface area contributed by atoms with E-state index in [2.05, 4.69) is 99.2 Å². The Kier molecular flexibility index (Phi) is 10.1. The molecule has 0 saturated carbocycles. The lowest BCUT2D eigenvalue weighted by Crippen LogP contribution is -2.12. The molecule has 0 aromatic carbocycles. The highest BCUT2D eigenvalue weighted by molar-refractivity contribution is 5.45. The van der Waals surface area contributed by atoms with Crippen LogP contribution < -0.4 is 0 Å². The molecule has 0 amide bonds. The van der Waals surface area contributed by atoms with Crippen molar-refractivity contribution in [2.24, 2.45) is 0 Å². The van der Waals surface area contributed by atoms with Crippen molar-refractivity contribution in [2.75, 3.05) is 0 Å². The summed E-state index contributed by atoms with van der Waals surface area (Å²) in [5.41, 5.74) is 5.74. The Bertz CT molecular complexity index is 1000. The SMILES string of the molecule is Cc1ccc(C(C)(C)C)cn1.Cc1ncc(C(C)(C)C)cn1.[C-]#[N+]c1cncc(C(C)(C)C)c1. The Morgan fingerprint density at radius 3 is 1.53 bits per heavy atom. The Hall–Kier alpha value is -3.13. The second kappa shape index (κ2) is 11.8. The molecule has 0 fully saturated rings. The first-order chi connectivity index (χ1) is 15.5. The van der Waals surface area contributed by atoms with Crippen molar-refractivity contribution in [1.82, 2.24) is 19.9 Å². The molecule has 0 unspecified atom stereocenters. The van der Waals surface area contributed by atoms with E-state index in [1.165, 1.54) is 11.1 Å². The van der Waals surface area contributed by atoms with E-state index in [-0.39, 0.29) is 16.2 Å². The molecule has 34 heavy (non-hydrogen) atoms. The quantitative estimate of drug-likeness (QED) is 0.323. The van der Waals surface area contributed by atoms with E-state index in [1.807, 2.05) is 44.7 Å². The average Bonchev–Trinajstić information content (AvgIpc) is 2.73. The van der Waals surface area contributed by atoms with Crippen molar-refractivity contribution in [3.8, 4) is 0 Å². The fourth-order valence-electron chi connectivity index (χ4n) is 2.59. The predicted molar refractivity (Wildman–Crippen MR) is 142 cm³/mol. The fraction of sp³-hybridized carbons (Fsp3) is 0.483. The van der Waals surface area contributed by atoms with E-state index in [1.54, 1.807) is 6.20 Å². The summed E-state index contributed by atoms with van der Waals surface area (Å²) in [6.45, 7) is 30.1. The van der Waals surface area contributed by atoms with Gasteiger partial charge in [0.05, 0.1) is 6.57 Å². The molecule has 5 nitrogen and oxygen atoms in total. The zero-order valence-corrected chi connectivity index (χ0v) is 22.9. The van der Waals surface area contributed by atoms with Crippen LogP contribution in [0.1, 0.15) is 90.5 Å². The van der Waals surface area contributed by atoms with Gasteiger partial charge in [-0.2, -0.15) is 0 Å². The second-order valence-corrected chi connectivity index (χ2v) is 11.5. The van der Waals surface area contributed by atoms with Crippen LogP contribution in [0.4, 0.5) is 5.69 Å². The minimum atomic E-state index is 0.0771. The minimum absolute atomic E-state index is 0.0771. The standard InChI is InChI=1S/C10H12N2.C10H15N.C9H14N2/c1-10(2,3)8-5-9(11-4)7-12-6-8;1-8-5-6-9(7-11-8)10(2,3)4;1-7-10-5-8(6-11-7)9(2,3)4/h5-7H,1-3H3;5-7H,1-4H3;5-6H,1-4H3. The van der Waals surface area contributed by atoms with Gasteiger partial charge in [0.1, 0.15) is 5.82 Å². The van der Waals surface area contributed by atoms with Gasteiger partial charge in [-0.25, -0.2) is 14.8 Å². The van der Waals surface area contributed by atoms with Crippen LogP contribution in [0.5, 0.6) is 0 Å². The Morgan fingerprint density at radius 2 is 1.12 bits per heavy atom. The largest absolute Gasteiger partial charge is 0.276 e. The van der Waals surface area contributed by atoms with Crippen molar-refractivity contribution < 1.29 is 0 Å². The van der Waals surface area contributed by atoms with E-state index >= 15 is 0 Å². The lowest BCUT2D eigenvalue weighted by molar-refractivity contribution is 0.583. The summed E-state index contributed by atoms with van der Waals surface area (Å²) < 4.78 is 0. The molecule has 0 radical (unpaired) electrons. The summed E-state index contributed by atoms with van der Waals surface area (Å²) >= 11 is 0. The molecular formula is C29H41N5. The number of aromatic nitrogens is 4. The highest BCUT2D eigenvalue weighted by Crippen LogP contribution is 2.24. The van der Waals surface area contributed by atoms with Crippen LogP contribution in [0.15, 0.2) is 49.2 Å². The summed E-state index contributed by atoms with van der Waals surface area (Å²) in [5.74, 6) is 0.831. The minimum Gasteiger partial charge on any atom is -0.276 e. The zero-order valence-electron chi connectivity index (χ0n) is 22.9. The summed E-state index contributed by atoms with van der Waals surface area (Å²) in [6.07, 6.45) is 9.14. The normalized spacial score (nSPS) is 11.4. The van der Waals surface area contributed by atoms with E-state index < -0.39 is 0 Å². The molecule has 0 bridgehead atoms. The molecule has 182 valence electrons. The molecule has 3 aromatic heterocycles. The molecule has 0 aliphatic carbocycles. The molecule has 0 atom stereocenters. The van der Waals surface area contributed by atoms with Crippen LogP contribution in [0.2, 0.25) is 0 Å². The molecule has 3 heterocycles. The number of aryl methyl sites for hydroxylation is 2. The highest BCUT2D eigenvalue weighted by atomic mass is 14.8. The van der Waals surface area contributed by atoms with Gasteiger partial charge in [0.2, 0.25) is 5.69 Å². The van der Waals surface area contributed by atoms with Crippen LogP contribution in [-0.2, 0) is 16.2 Å². The number of hydrogen-bond acceptors (Lipinski definition) is 4. The van der Waals surface area contributed by atoms with Crippen LogP contribution >= 0.6 is 0 Å². The van der Waals surface area contributed by atoms with E-state index in [4.69, 9.17) is 6.57 Å². The maximum atomic E-state index is 6.83. The van der Waals surface area contributed by atoms with Crippen molar-refractivity contribution in [1.29, 1.82) is 0 Å². The topological polar surface area (TPSA) is 55.9 Å². The average molecular weight is 460 g/mol. The molecule has 0 aliphatic heterocycles. The van der Waals surface area contributed by atoms with E-state index in [9.17, 15) is 0 Å². The molecular weight excluding hydrogens is 418 g/mol. The lowest BCUT2D eigenvalue weighted by atomic mass is 9.88. The maximum Gasteiger partial charge on any atom is 0.205 e. The van der Waals surface area contributed by atoms with Crippen molar-refractivity contribution in [3.05, 3.63) is 88.8 Å². The highest BCUT2D eigenvalue weighted by Gasteiger charge is 2.14. The molecule has 3 aromatic rings. The van der Waals surface area contributed by atoms with Gasteiger partial charge in [0.15, 0.2) is 0 Å². The van der Waals surface area contributed by atoms with Gasteiger partial charge in [-0.05, 0) is 58.9 Å². The predicted octanol–water partition coefficient (Wildman–Crippen LogP) is 7.70. The Labute approximate surface area is 207 Å². The number of pyridine rings is 2. The van der Waals surface area contributed by atoms with Crippen molar-refractivity contribution >= 4 is 5.69 Å². The van der Waals surface area contributed by atoms with E-state index in [0.29, 0.717) is 5.69 Å². The zero-order chi connectivity index (χ0) is 26.2. The van der Waals surface area contributed by atoms with Gasteiger partial charge in [0.25, 0.3) is 0 Å². The molecule has 0 spiro atoms. The maximum absolute atomic E-state index is 6.83. The van der Waals surface area contributed by atoms with Gasteiger partial charge in [-0.3, -0.25) is 9.97 Å². The van der Waals surface area contributed by atoms with Crippen molar-refractivity contribution in [2.45, 2.75) is 92.4 Å². The van der Waals surface area contributed by atoms with Gasteiger partial charge < -0.3 is 0 Å². The number of hydrogen-bond donors (Lipinski definition) is 0. The van der Waals surface area contributed by atoms with Crippen LogP contribution in [0, 0.1) is 20.4 Å². The third-order valence-corrected chi connectivity index (χ3v) is 5.14. The van der Waals surface area contributed by atoms with Gasteiger partial charge in [-0.1, -0.05) is 68.4 Å². The summed E-state index contributed by atoms with van der Waals surface area (Å²) in [5, 5.41) is 0. The first kappa shape index (κ1) is 28.9. The van der Waals surface area contributed by atoms with Crippen LogP contribution in [0.25, 0.3) is 4.85 Å². The first-order valence-electron chi connectivity index (χ1n) is 11.6. The number of rotatable bonds is 0. The molecule has 0 N–H and O–H groups in total. The monoisotopic (exact) mass is 459 g/mol. The smallest absolute Gasteiger partial charge is 0.205 e. The Morgan fingerprint density at radius 1 is 0.618 bits per heavy atom. The van der Waals surface area contributed by atoms with E-state index in [0.717, 1.165) is 17.1 Å². The first-order valence-corrected chi connectivity index (χ1v) is 11.6. The lowest BCUT2D eigenvalue weighted by Gasteiger charge is -2.18. The Balaban J connectivity index is 0.000000255. The molecule has 0 aliphatic rings. The molecule has 3 rings (SSSR count). The second-order valence-electron chi connectivity index (χ2n) is 11.5. The fourth-order valence-corrected chi connectivity index (χ4v) is 2.59. The number of nitrogens with zero attached hydrogens (tertiary/aromatic N) is 5. The van der Waals surface area contributed by atoms with Gasteiger partial charge in [-0.15, -0.1) is 0 Å². The summed E-state index contributed by atoms with van der Waals surface area (Å²) in [4.78, 5) is 19.9. The molecule has 0 saturated heterocycles. The van der Waals surface area contributed by atoms with Crippen LogP contribution in [0.3, 0.4) is 0 Å². The van der Waals surface area contributed by atoms with Gasteiger partial charge in [0, 0.05) is 36.7 Å². The van der Waals surface area contributed by atoms with Crippen molar-refractivity contribution in [3.63, 3.8) is 0 Å². The third kappa shape index (κ3) is 10.2. The third-order valence-electron chi connectivity index (χ3n) is 5.14. The van der Waals surface area contributed by atoms with Crippen LogP contribution in [-0.4, -0.2) is 19.9 Å². The summed E-state index contributed by atoms with van der Waals surface area (Å²) in [6, 6.07) is 6.09.